The number of ether oxygens (including phenoxy) is 3. The van der Waals surface area contributed by atoms with E-state index in [2.05, 4.69) is 10.3 Å². The first-order valence-electron chi connectivity index (χ1n) is 9.76. The third kappa shape index (κ3) is 4.85. The second-order valence-corrected chi connectivity index (χ2v) is 6.73. The second-order valence-electron chi connectivity index (χ2n) is 6.73. The predicted octanol–water partition coefficient (Wildman–Crippen LogP) is 2.90. The van der Waals surface area contributed by atoms with E-state index in [9.17, 15) is 14.4 Å². The van der Waals surface area contributed by atoms with Crippen LogP contribution in [0.2, 0.25) is 0 Å². The van der Waals surface area contributed by atoms with Crippen LogP contribution >= 0.6 is 0 Å². The highest BCUT2D eigenvalue weighted by Gasteiger charge is 2.17. The SMILES string of the molecule is CCc1cccc2c(C(=O)COC(=O)CNC(=O)c3ccc(OC)c(OC)c3)c[nH]c12. The van der Waals surface area contributed by atoms with Crippen molar-refractivity contribution in [2.24, 2.45) is 0 Å². The van der Waals surface area contributed by atoms with Gasteiger partial charge in [-0.3, -0.25) is 14.4 Å². The Bertz CT molecular complexity index is 1120. The van der Waals surface area contributed by atoms with Crippen LogP contribution in [0, 0.1) is 0 Å². The lowest BCUT2D eigenvalue weighted by atomic mass is 10.1. The van der Waals surface area contributed by atoms with Gasteiger partial charge in [-0.15, -0.1) is 0 Å². The summed E-state index contributed by atoms with van der Waals surface area (Å²) in [6, 6.07) is 10.4. The Balaban J connectivity index is 1.55. The van der Waals surface area contributed by atoms with E-state index in [0.717, 1.165) is 22.9 Å². The van der Waals surface area contributed by atoms with E-state index in [-0.39, 0.29) is 12.3 Å². The van der Waals surface area contributed by atoms with Crippen molar-refractivity contribution in [2.45, 2.75) is 13.3 Å². The molecule has 3 aromatic rings. The van der Waals surface area contributed by atoms with E-state index in [1.54, 1.807) is 18.3 Å². The smallest absolute Gasteiger partial charge is 0.325 e. The number of amides is 1. The third-order valence-corrected chi connectivity index (χ3v) is 4.89. The molecule has 162 valence electrons. The average Bonchev–Trinajstić information content (AvgIpc) is 3.24. The molecule has 1 heterocycles. The number of fused-ring (bicyclic) bond motifs is 1. The van der Waals surface area contributed by atoms with Gasteiger partial charge in [0.25, 0.3) is 5.91 Å². The van der Waals surface area contributed by atoms with Gasteiger partial charge in [-0.2, -0.15) is 0 Å². The summed E-state index contributed by atoms with van der Waals surface area (Å²) in [5.74, 6) is -0.628. The van der Waals surface area contributed by atoms with Gasteiger partial charge in [0.2, 0.25) is 5.78 Å². The number of aryl methyl sites for hydroxylation is 1. The molecule has 0 saturated carbocycles. The molecule has 1 amide bonds. The normalized spacial score (nSPS) is 10.5. The predicted molar refractivity (Wildman–Crippen MR) is 115 cm³/mol. The molecule has 0 atom stereocenters. The maximum absolute atomic E-state index is 12.5. The summed E-state index contributed by atoms with van der Waals surface area (Å²) in [4.78, 5) is 39.9. The number of hydrogen-bond donors (Lipinski definition) is 2. The molecule has 3 rings (SSSR count). The van der Waals surface area contributed by atoms with Crippen LogP contribution in [0.3, 0.4) is 0 Å². The second kappa shape index (κ2) is 9.80. The van der Waals surface area contributed by atoms with Crippen molar-refractivity contribution in [3.05, 3.63) is 59.3 Å². The lowest BCUT2D eigenvalue weighted by Gasteiger charge is -2.10. The Morgan fingerprint density at radius 3 is 2.52 bits per heavy atom. The Kier molecular flexibility index (Phi) is 6.92. The van der Waals surface area contributed by atoms with E-state index in [4.69, 9.17) is 14.2 Å². The van der Waals surface area contributed by atoms with Crippen LogP contribution in [0.1, 0.15) is 33.2 Å². The van der Waals surface area contributed by atoms with Crippen LogP contribution < -0.4 is 14.8 Å². The molecule has 0 unspecified atom stereocenters. The van der Waals surface area contributed by atoms with Crippen LogP contribution in [0.15, 0.2) is 42.6 Å². The number of nitrogens with one attached hydrogen (secondary N) is 2. The van der Waals surface area contributed by atoms with Crippen molar-refractivity contribution < 1.29 is 28.6 Å². The lowest BCUT2D eigenvalue weighted by Crippen LogP contribution is -2.31. The van der Waals surface area contributed by atoms with Crippen molar-refractivity contribution in [3.63, 3.8) is 0 Å². The van der Waals surface area contributed by atoms with Crippen LogP contribution in [0.25, 0.3) is 10.9 Å². The third-order valence-electron chi connectivity index (χ3n) is 4.89. The largest absolute Gasteiger partial charge is 0.493 e. The van der Waals surface area contributed by atoms with Gasteiger partial charge in [-0.1, -0.05) is 25.1 Å². The summed E-state index contributed by atoms with van der Waals surface area (Å²) in [5, 5.41) is 3.26. The van der Waals surface area contributed by atoms with Crippen LogP contribution in [-0.2, 0) is 16.0 Å². The molecular formula is C23H24N2O6. The number of aromatic nitrogens is 1. The van der Waals surface area contributed by atoms with Crippen molar-refractivity contribution in [3.8, 4) is 11.5 Å². The molecule has 0 bridgehead atoms. The van der Waals surface area contributed by atoms with Gasteiger partial charge in [-0.25, -0.2) is 0 Å². The van der Waals surface area contributed by atoms with Crippen molar-refractivity contribution in [2.75, 3.05) is 27.4 Å². The quantitative estimate of drug-likeness (QED) is 0.404. The Labute approximate surface area is 179 Å². The van der Waals surface area contributed by atoms with Crippen molar-refractivity contribution >= 4 is 28.6 Å². The number of rotatable bonds is 9. The molecule has 2 aromatic carbocycles. The number of methoxy groups -OCH3 is 2. The number of H-pyrrole nitrogens is 1. The highest BCUT2D eigenvalue weighted by molar-refractivity contribution is 6.09. The zero-order chi connectivity index (χ0) is 22.4. The highest BCUT2D eigenvalue weighted by Crippen LogP contribution is 2.27. The zero-order valence-corrected chi connectivity index (χ0v) is 17.6. The first-order chi connectivity index (χ1) is 15.0. The van der Waals surface area contributed by atoms with Gasteiger partial charge in [-0.05, 0) is 30.2 Å². The Morgan fingerprint density at radius 1 is 1.03 bits per heavy atom. The van der Waals surface area contributed by atoms with E-state index < -0.39 is 18.5 Å². The monoisotopic (exact) mass is 424 g/mol. The first kappa shape index (κ1) is 21.9. The fourth-order valence-corrected chi connectivity index (χ4v) is 3.25. The zero-order valence-electron chi connectivity index (χ0n) is 17.6. The van der Waals surface area contributed by atoms with Gasteiger partial charge < -0.3 is 24.5 Å². The van der Waals surface area contributed by atoms with E-state index in [1.165, 1.54) is 20.3 Å². The molecule has 0 saturated heterocycles. The number of hydrogen-bond acceptors (Lipinski definition) is 6. The summed E-state index contributed by atoms with van der Waals surface area (Å²) in [7, 11) is 2.96. The molecule has 1 aromatic heterocycles. The number of para-hydroxylation sites is 1. The summed E-state index contributed by atoms with van der Waals surface area (Å²) >= 11 is 0. The molecule has 0 radical (unpaired) electrons. The Hall–Kier alpha value is -3.81. The number of Topliss-reactive ketones (excluding diaryl/α,β-unsaturated/α-hetero) is 1. The molecular weight excluding hydrogens is 400 g/mol. The summed E-state index contributed by atoms with van der Waals surface area (Å²) in [6.07, 6.45) is 2.46. The van der Waals surface area contributed by atoms with E-state index in [0.29, 0.717) is 22.6 Å². The van der Waals surface area contributed by atoms with Crippen LogP contribution in [-0.4, -0.2) is 50.0 Å². The molecule has 2 N–H and O–H groups in total. The van der Waals surface area contributed by atoms with Gasteiger partial charge in [0, 0.05) is 28.2 Å². The van der Waals surface area contributed by atoms with Gasteiger partial charge in [0.05, 0.1) is 14.2 Å². The summed E-state index contributed by atoms with van der Waals surface area (Å²) in [5.41, 5.74) is 2.77. The lowest BCUT2D eigenvalue weighted by molar-refractivity contribution is -0.141. The van der Waals surface area contributed by atoms with Crippen molar-refractivity contribution in [1.82, 2.24) is 10.3 Å². The molecule has 0 aliphatic heterocycles. The number of benzene rings is 2. The maximum Gasteiger partial charge on any atom is 0.325 e. The number of esters is 1. The minimum atomic E-state index is -0.712. The number of ketones is 1. The van der Waals surface area contributed by atoms with Gasteiger partial charge in [0.1, 0.15) is 6.54 Å². The molecule has 8 heteroatoms. The molecule has 0 spiro atoms. The van der Waals surface area contributed by atoms with Crippen molar-refractivity contribution in [1.29, 1.82) is 0 Å². The molecule has 31 heavy (non-hydrogen) atoms. The van der Waals surface area contributed by atoms with Crippen LogP contribution in [0.5, 0.6) is 11.5 Å². The van der Waals surface area contributed by atoms with Crippen LogP contribution in [0.4, 0.5) is 0 Å². The maximum atomic E-state index is 12.5. The van der Waals surface area contributed by atoms with E-state index in [1.807, 2.05) is 25.1 Å². The molecule has 0 aliphatic rings. The molecule has 8 nitrogen and oxygen atoms in total. The minimum absolute atomic E-state index is 0.298. The number of aromatic amines is 1. The van der Waals surface area contributed by atoms with E-state index >= 15 is 0 Å². The topological polar surface area (TPSA) is 107 Å². The molecule has 0 aliphatic carbocycles. The van der Waals surface area contributed by atoms with Gasteiger partial charge >= 0.3 is 5.97 Å². The average molecular weight is 424 g/mol. The fraction of sp³-hybridized carbons (Fsp3) is 0.261. The minimum Gasteiger partial charge on any atom is -0.493 e. The standard InChI is InChI=1S/C23H24N2O6/c1-4-14-6-5-7-16-17(11-24-22(14)16)18(26)13-31-21(27)12-25-23(28)15-8-9-19(29-2)20(10-15)30-3/h5-11,24H,4,12-13H2,1-3H3,(H,25,28). The fourth-order valence-electron chi connectivity index (χ4n) is 3.25. The number of carbonyl (C=O) groups excluding carboxylic acids is 3. The number of carbonyl (C=O) groups is 3. The first-order valence-corrected chi connectivity index (χ1v) is 9.76. The Morgan fingerprint density at radius 2 is 1.81 bits per heavy atom. The van der Waals surface area contributed by atoms with Gasteiger partial charge in [0.15, 0.2) is 18.1 Å². The summed E-state index contributed by atoms with van der Waals surface area (Å²) in [6.45, 7) is 1.26. The highest BCUT2D eigenvalue weighted by atomic mass is 16.5. The summed E-state index contributed by atoms with van der Waals surface area (Å²) < 4.78 is 15.3. The molecule has 0 fully saturated rings.